The zero-order valence-electron chi connectivity index (χ0n) is 19.0. The van der Waals surface area contributed by atoms with Crippen LogP contribution in [-0.2, 0) is 11.2 Å². The third-order valence-electron chi connectivity index (χ3n) is 5.61. The van der Waals surface area contributed by atoms with Gasteiger partial charge in [0, 0.05) is 38.9 Å². The monoisotopic (exact) mass is 492 g/mol. The van der Waals surface area contributed by atoms with Gasteiger partial charge >= 0.3 is 0 Å². The molecule has 1 N–H and O–H groups in total. The predicted octanol–water partition coefficient (Wildman–Crippen LogP) is 5.75. The predicted molar refractivity (Wildman–Crippen MR) is 138 cm³/mol. The molecule has 174 valence electrons. The Bertz CT molecular complexity index is 1320. The Kier molecular flexibility index (Phi) is 7.60. The molecule has 3 aromatic carbocycles. The van der Waals surface area contributed by atoms with Gasteiger partial charge in [0.25, 0.3) is 5.91 Å². The van der Waals surface area contributed by atoms with Crippen LogP contribution in [0.5, 0.6) is 5.75 Å². The number of nitrogens with one attached hydrogen (secondary N) is 1. The first-order valence-corrected chi connectivity index (χ1v) is 12.3. The average Bonchev–Trinajstić information content (AvgIpc) is 3.12. The lowest BCUT2D eigenvalue weighted by atomic mass is 10.1. The van der Waals surface area contributed by atoms with E-state index in [2.05, 4.69) is 17.4 Å². The van der Waals surface area contributed by atoms with Crippen LogP contribution in [-0.4, -0.2) is 35.8 Å². The Morgan fingerprint density at radius 3 is 2.47 bits per heavy atom. The second kappa shape index (κ2) is 10.8. The molecule has 0 fully saturated rings. The number of amides is 1. The van der Waals surface area contributed by atoms with Crippen LogP contribution >= 0.6 is 23.4 Å². The molecule has 7 heteroatoms. The van der Waals surface area contributed by atoms with Crippen LogP contribution in [0.15, 0.2) is 77.7 Å². The summed E-state index contributed by atoms with van der Waals surface area (Å²) in [6, 6.07) is 22.4. The molecule has 5 nitrogen and oxygen atoms in total. The number of thioether (sulfide) groups is 1. The van der Waals surface area contributed by atoms with E-state index in [1.807, 2.05) is 43.3 Å². The highest BCUT2D eigenvalue weighted by molar-refractivity contribution is 7.99. The molecule has 0 spiro atoms. The van der Waals surface area contributed by atoms with Crippen molar-refractivity contribution in [1.82, 2.24) is 9.88 Å². The van der Waals surface area contributed by atoms with E-state index >= 15 is 0 Å². The highest BCUT2D eigenvalue weighted by Gasteiger charge is 2.22. The number of benzene rings is 3. The number of halogens is 1. The van der Waals surface area contributed by atoms with E-state index in [9.17, 15) is 9.59 Å². The normalized spacial score (nSPS) is 10.9. The van der Waals surface area contributed by atoms with Crippen molar-refractivity contribution < 1.29 is 14.3 Å². The number of aromatic nitrogens is 1. The second-order valence-corrected chi connectivity index (χ2v) is 9.39. The molecule has 1 amide bonds. The van der Waals surface area contributed by atoms with Crippen LogP contribution < -0.4 is 10.1 Å². The van der Waals surface area contributed by atoms with E-state index < -0.39 is 0 Å². The summed E-state index contributed by atoms with van der Waals surface area (Å²) in [6.07, 6.45) is 0.173. The topological polar surface area (TPSA) is 60.3 Å². The van der Waals surface area contributed by atoms with Crippen molar-refractivity contribution in [3.8, 4) is 5.75 Å². The third kappa shape index (κ3) is 5.29. The molecule has 0 saturated carbocycles. The molecule has 0 aliphatic heterocycles. The van der Waals surface area contributed by atoms with Gasteiger partial charge in [0.1, 0.15) is 5.75 Å². The minimum absolute atomic E-state index is 0.0856. The first kappa shape index (κ1) is 23.9. The van der Waals surface area contributed by atoms with Gasteiger partial charge in [0.2, 0.25) is 5.91 Å². The quantitative estimate of drug-likeness (QED) is 0.251. The molecule has 4 aromatic rings. The van der Waals surface area contributed by atoms with Crippen molar-refractivity contribution in [1.29, 1.82) is 0 Å². The molecule has 0 aliphatic carbocycles. The van der Waals surface area contributed by atoms with Crippen molar-refractivity contribution in [3.05, 3.63) is 94.6 Å². The number of nitrogens with zero attached hydrogens (tertiary/aromatic N) is 1. The molecule has 0 unspecified atom stereocenters. The van der Waals surface area contributed by atoms with Crippen LogP contribution in [0.2, 0.25) is 5.02 Å². The molecular formula is C27H25ClN2O3S. The molecule has 1 heterocycles. The summed E-state index contributed by atoms with van der Waals surface area (Å²) in [4.78, 5) is 27.3. The maximum Gasteiger partial charge on any atom is 0.262 e. The van der Waals surface area contributed by atoms with Crippen LogP contribution in [0.1, 0.15) is 21.6 Å². The molecular weight excluding hydrogens is 468 g/mol. The first-order valence-electron chi connectivity index (χ1n) is 10.9. The van der Waals surface area contributed by atoms with Crippen LogP contribution in [0.4, 0.5) is 0 Å². The van der Waals surface area contributed by atoms with Gasteiger partial charge in [-0.25, -0.2) is 0 Å². The minimum Gasteiger partial charge on any atom is -0.497 e. The number of hydrogen-bond donors (Lipinski definition) is 1. The number of ether oxygens (including phenoxy) is 1. The highest BCUT2D eigenvalue weighted by Crippen LogP contribution is 2.31. The van der Waals surface area contributed by atoms with E-state index in [4.69, 9.17) is 16.3 Å². The second-order valence-electron chi connectivity index (χ2n) is 7.78. The van der Waals surface area contributed by atoms with E-state index in [0.717, 1.165) is 27.9 Å². The number of carbonyl (C=O) groups excluding carboxylic acids is 2. The maximum atomic E-state index is 13.4. The minimum atomic E-state index is -0.171. The molecule has 0 bridgehead atoms. The smallest absolute Gasteiger partial charge is 0.262 e. The van der Waals surface area contributed by atoms with Gasteiger partial charge in [-0.3, -0.25) is 14.2 Å². The summed E-state index contributed by atoms with van der Waals surface area (Å²) < 4.78 is 7.06. The van der Waals surface area contributed by atoms with Gasteiger partial charge in [-0.15, -0.1) is 11.8 Å². The SMILES string of the molecule is COc1ccc2c(c1)c(CC(=O)NCCSc1ccccc1)c(C)n2C(=O)c1ccc(Cl)cc1. The van der Waals surface area contributed by atoms with Crippen molar-refractivity contribution >= 4 is 46.1 Å². The van der Waals surface area contributed by atoms with Gasteiger partial charge in [-0.1, -0.05) is 29.8 Å². The molecule has 0 radical (unpaired) electrons. The molecule has 34 heavy (non-hydrogen) atoms. The van der Waals surface area contributed by atoms with E-state index in [-0.39, 0.29) is 18.2 Å². The Balaban J connectivity index is 1.56. The highest BCUT2D eigenvalue weighted by atomic mass is 35.5. The lowest BCUT2D eigenvalue weighted by Crippen LogP contribution is -2.27. The Hall–Kier alpha value is -3.22. The number of rotatable bonds is 8. The molecule has 4 rings (SSSR count). The fraction of sp³-hybridized carbons (Fsp3) is 0.185. The van der Waals surface area contributed by atoms with E-state index in [1.54, 1.807) is 47.7 Å². The Morgan fingerprint density at radius 1 is 1.03 bits per heavy atom. The Labute approximate surface area is 208 Å². The average molecular weight is 493 g/mol. The molecule has 0 saturated heterocycles. The molecule has 1 aromatic heterocycles. The van der Waals surface area contributed by atoms with Gasteiger partial charge in [0.15, 0.2) is 0 Å². The number of methoxy groups -OCH3 is 1. The number of hydrogen-bond acceptors (Lipinski definition) is 4. The number of carbonyl (C=O) groups is 2. The van der Waals surface area contributed by atoms with Crippen LogP contribution in [0.25, 0.3) is 10.9 Å². The van der Waals surface area contributed by atoms with Crippen molar-refractivity contribution in [2.24, 2.45) is 0 Å². The van der Waals surface area contributed by atoms with Crippen molar-refractivity contribution in [3.63, 3.8) is 0 Å². The van der Waals surface area contributed by atoms with Gasteiger partial charge in [-0.05, 0) is 67.1 Å². The van der Waals surface area contributed by atoms with Crippen LogP contribution in [0.3, 0.4) is 0 Å². The lowest BCUT2D eigenvalue weighted by Gasteiger charge is -2.08. The largest absolute Gasteiger partial charge is 0.497 e. The molecule has 0 aliphatic rings. The van der Waals surface area contributed by atoms with Gasteiger partial charge in [0.05, 0.1) is 19.0 Å². The van der Waals surface area contributed by atoms with E-state index in [1.165, 1.54) is 4.90 Å². The fourth-order valence-electron chi connectivity index (χ4n) is 3.89. The van der Waals surface area contributed by atoms with Crippen molar-refractivity contribution in [2.45, 2.75) is 18.2 Å². The summed E-state index contributed by atoms with van der Waals surface area (Å²) in [5.74, 6) is 1.19. The summed E-state index contributed by atoms with van der Waals surface area (Å²) in [5.41, 5.74) is 2.80. The van der Waals surface area contributed by atoms with Crippen molar-refractivity contribution in [2.75, 3.05) is 19.4 Å². The third-order valence-corrected chi connectivity index (χ3v) is 6.88. The molecule has 0 atom stereocenters. The van der Waals surface area contributed by atoms with Crippen LogP contribution in [0, 0.1) is 6.92 Å². The summed E-state index contributed by atoms with van der Waals surface area (Å²) in [6.45, 7) is 2.43. The first-order chi connectivity index (χ1) is 16.5. The van der Waals surface area contributed by atoms with Gasteiger partial charge < -0.3 is 10.1 Å². The van der Waals surface area contributed by atoms with E-state index in [0.29, 0.717) is 22.9 Å². The fourth-order valence-corrected chi connectivity index (χ4v) is 4.81. The summed E-state index contributed by atoms with van der Waals surface area (Å²) in [5, 5.41) is 4.39. The maximum absolute atomic E-state index is 13.4. The summed E-state index contributed by atoms with van der Waals surface area (Å²) >= 11 is 7.69. The zero-order valence-corrected chi connectivity index (χ0v) is 20.6. The number of fused-ring (bicyclic) bond motifs is 1. The zero-order chi connectivity index (χ0) is 24.1. The Morgan fingerprint density at radius 2 is 1.76 bits per heavy atom. The standard InChI is InChI=1S/C27H25ClN2O3S/c1-18-23(17-26(31)29-14-15-34-22-6-4-3-5-7-22)24-16-21(33-2)12-13-25(24)30(18)27(32)19-8-10-20(28)11-9-19/h3-13,16H,14-15,17H2,1-2H3,(H,29,31). The van der Waals surface area contributed by atoms with Gasteiger partial charge in [-0.2, -0.15) is 0 Å². The lowest BCUT2D eigenvalue weighted by molar-refractivity contribution is -0.120. The summed E-state index contributed by atoms with van der Waals surface area (Å²) in [7, 11) is 1.60.